The molecule has 0 fully saturated rings. The lowest BCUT2D eigenvalue weighted by atomic mass is 10.0. The van der Waals surface area contributed by atoms with Crippen molar-refractivity contribution in [2.45, 2.75) is 44.5 Å². The van der Waals surface area contributed by atoms with Crippen molar-refractivity contribution >= 4 is 39.0 Å². The maximum absolute atomic E-state index is 13.5. The Bertz CT molecular complexity index is 1660. The Morgan fingerprint density at radius 2 is 1.76 bits per heavy atom. The first kappa shape index (κ1) is 31.0. The number of hydrogen-bond acceptors (Lipinski definition) is 5. The van der Waals surface area contributed by atoms with Crippen LogP contribution in [0.2, 0.25) is 0 Å². The second-order valence-corrected chi connectivity index (χ2v) is 12.1. The van der Waals surface area contributed by atoms with Crippen LogP contribution < -0.4 is 10.6 Å². The minimum absolute atomic E-state index is 0.163. The average molecular weight is 603 g/mol. The molecule has 0 spiro atoms. The SMILES string of the molecule is CCN(CC)CCNC(=O)c1c(C)[nH]c(C=C2C(=O)Nc3ccc(S(=O)(=O)Cc4ccccc4C(F)(F)F)cc32)c1C. The molecule has 0 aliphatic carbocycles. The van der Waals surface area contributed by atoms with E-state index in [0.717, 1.165) is 25.2 Å². The van der Waals surface area contributed by atoms with Gasteiger partial charge in [-0.1, -0.05) is 32.0 Å². The van der Waals surface area contributed by atoms with E-state index in [0.29, 0.717) is 46.9 Å². The normalized spacial score (nSPS) is 14.4. The van der Waals surface area contributed by atoms with E-state index in [1.807, 2.05) is 13.8 Å². The molecule has 0 saturated heterocycles. The van der Waals surface area contributed by atoms with Crippen molar-refractivity contribution in [3.63, 3.8) is 0 Å². The maximum Gasteiger partial charge on any atom is 0.416 e. The largest absolute Gasteiger partial charge is 0.416 e. The molecule has 224 valence electrons. The Balaban J connectivity index is 1.63. The Morgan fingerprint density at radius 3 is 2.43 bits per heavy atom. The lowest BCUT2D eigenvalue weighted by molar-refractivity contribution is -0.138. The molecule has 0 saturated carbocycles. The van der Waals surface area contributed by atoms with Crippen LogP contribution in [0.4, 0.5) is 18.9 Å². The van der Waals surface area contributed by atoms with Gasteiger partial charge in [-0.15, -0.1) is 0 Å². The van der Waals surface area contributed by atoms with Crippen molar-refractivity contribution in [2.75, 3.05) is 31.5 Å². The number of amides is 2. The molecule has 12 heteroatoms. The molecule has 3 N–H and O–H groups in total. The summed E-state index contributed by atoms with van der Waals surface area (Å²) in [5, 5.41) is 5.62. The van der Waals surface area contributed by atoms with Gasteiger partial charge in [0.15, 0.2) is 9.84 Å². The summed E-state index contributed by atoms with van der Waals surface area (Å²) < 4.78 is 66.8. The van der Waals surface area contributed by atoms with Crippen LogP contribution in [0.1, 0.15) is 57.8 Å². The quantitative estimate of drug-likeness (QED) is 0.277. The number of fused-ring (bicyclic) bond motifs is 1. The summed E-state index contributed by atoms with van der Waals surface area (Å²) >= 11 is 0. The van der Waals surface area contributed by atoms with Gasteiger partial charge < -0.3 is 20.5 Å². The highest BCUT2D eigenvalue weighted by Crippen LogP contribution is 2.37. The number of benzene rings is 2. The summed E-state index contributed by atoms with van der Waals surface area (Å²) in [5.41, 5.74) is 1.64. The third-order valence-corrected chi connectivity index (χ3v) is 9.06. The Kier molecular flexibility index (Phi) is 8.98. The number of aromatic amines is 1. The summed E-state index contributed by atoms with van der Waals surface area (Å²) in [6, 6.07) is 8.50. The number of carbonyl (C=O) groups is 2. The molecule has 8 nitrogen and oxygen atoms in total. The molecule has 2 heterocycles. The van der Waals surface area contributed by atoms with Crippen LogP contribution in [0.15, 0.2) is 47.4 Å². The zero-order chi connectivity index (χ0) is 30.8. The summed E-state index contributed by atoms with van der Waals surface area (Å²) in [6.45, 7) is 10.5. The van der Waals surface area contributed by atoms with Crippen molar-refractivity contribution in [1.82, 2.24) is 15.2 Å². The second-order valence-electron chi connectivity index (χ2n) is 10.1. The molecule has 4 rings (SSSR count). The fourth-order valence-corrected chi connectivity index (χ4v) is 6.47. The highest BCUT2D eigenvalue weighted by atomic mass is 32.2. The fourth-order valence-electron chi connectivity index (χ4n) is 5.07. The van der Waals surface area contributed by atoms with Gasteiger partial charge in [0.2, 0.25) is 0 Å². The van der Waals surface area contributed by atoms with E-state index in [1.54, 1.807) is 19.9 Å². The summed E-state index contributed by atoms with van der Waals surface area (Å²) in [7, 11) is -4.20. The van der Waals surface area contributed by atoms with E-state index >= 15 is 0 Å². The molecule has 1 aliphatic rings. The predicted molar refractivity (Wildman–Crippen MR) is 156 cm³/mol. The van der Waals surface area contributed by atoms with Gasteiger partial charge in [-0.2, -0.15) is 13.2 Å². The number of anilines is 1. The van der Waals surface area contributed by atoms with Crippen LogP contribution >= 0.6 is 0 Å². The number of aryl methyl sites for hydroxylation is 1. The standard InChI is InChI=1S/C30H33F3N4O4S/c1-5-37(6-2)14-13-34-29(39)27-18(3)26(35-19(27)4)16-23-22-15-21(11-12-25(22)36-28(23)38)42(40,41)17-20-9-7-8-10-24(20)30(31,32)33/h7-12,15-16,35H,5-6,13-14,17H2,1-4H3,(H,34,39)(H,36,38). The van der Waals surface area contributed by atoms with E-state index in [4.69, 9.17) is 0 Å². The third kappa shape index (κ3) is 6.44. The van der Waals surface area contributed by atoms with E-state index in [2.05, 4.69) is 20.5 Å². The number of likely N-dealkylation sites (N-methyl/N-ethyl adjacent to an activating group) is 1. The average Bonchev–Trinajstić information content (AvgIpc) is 3.39. The number of nitrogens with one attached hydrogen (secondary N) is 3. The van der Waals surface area contributed by atoms with E-state index in [1.165, 1.54) is 30.3 Å². The first-order valence-corrected chi connectivity index (χ1v) is 15.2. The van der Waals surface area contributed by atoms with Crippen molar-refractivity contribution in [1.29, 1.82) is 0 Å². The molecule has 0 bridgehead atoms. The van der Waals surface area contributed by atoms with Crippen LogP contribution in [0.5, 0.6) is 0 Å². The minimum Gasteiger partial charge on any atom is -0.358 e. The van der Waals surface area contributed by atoms with Crippen molar-refractivity contribution in [3.05, 3.63) is 81.7 Å². The molecule has 1 aliphatic heterocycles. The number of rotatable bonds is 10. The van der Waals surface area contributed by atoms with E-state index in [-0.39, 0.29) is 21.9 Å². The summed E-state index contributed by atoms with van der Waals surface area (Å²) in [5.74, 6) is -1.58. The van der Waals surface area contributed by atoms with Crippen LogP contribution in [0.25, 0.3) is 11.6 Å². The highest BCUT2D eigenvalue weighted by Gasteiger charge is 2.35. The number of carbonyl (C=O) groups excluding carboxylic acids is 2. The predicted octanol–water partition coefficient (Wildman–Crippen LogP) is 5.19. The van der Waals surface area contributed by atoms with Gasteiger partial charge >= 0.3 is 6.18 Å². The van der Waals surface area contributed by atoms with Crippen molar-refractivity contribution < 1.29 is 31.2 Å². The lowest BCUT2D eigenvalue weighted by Gasteiger charge is -2.18. The zero-order valence-electron chi connectivity index (χ0n) is 23.8. The Labute approximate surface area is 242 Å². The maximum atomic E-state index is 13.5. The lowest BCUT2D eigenvalue weighted by Crippen LogP contribution is -2.35. The van der Waals surface area contributed by atoms with Crippen LogP contribution in [-0.2, 0) is 26.6 Å². The summed E-state index contributed by atoms with van der Waals surface area (Å²) in [4.78, 5) is 31.0. The van der Waals surface area contributed by atoms with Crippen LogP contribution in [0, 0.1) is 13.8 Å². The van der Waals surface area contributed by atoms with Gasteiger partial charge in [-0.05, 0) is 68.4 Å². The number of sulfone groups is 1. The molecule has 2 aromatic carbocycles. The molecule has 1 aromatic heterocycles. The number of halogens is 3. The first-order chi connectivity index (χ1) is 19.8. The van der Waals surface area contributed by atoms with Gasteiger partial charge in [0.1, 0.15) is 0 Å². The van der Waals surface area contributed by atoms with Crippen molar-refractivity contribution in [3.8, 4) is 0 Å². The number of hydrogen-bond donors (Lipinski definition) is 3. The fraction of sp³-hybridized carbons (Fsp3) is 0.333. The second kappa shape index (κ2) is 12.1. The topological polar surface area (TPSA) is 111 Å². The Morgan fingerprint density at radius 1 is 1.07 bits per heavy atom. The number of nitrogens with zero attached hydrogens (tertiary/aromatic N) is 1. The third-order valence-electron chi connectivity index (χ3n) is 7.40. The van der Waals surface area contributed by atoms with Gasteiger partial charge in [0.25, 0.3) is 11.8 Å². The smallest absolute Gasteiger partial charge is 0.358 e. The van der Waals surface area contributed by atoms with Crippen LogP contribution in [-0.4, -0.2) is 56.3 Å². The first-order valence-electron chi connectivity index (χ1n) is 13.5. The van der Waals surface area contributed by atoms with Gasteiger partial charge in [0, 0.05) is 35.7 Å². The van der Waals surface area contributed by atoms with Crippen molar-refractivity contribution in [2.24, 2.45) is 0 Å². The van der Waals surface area contributed by atoms with Gasteiger partial charge in [-0.25, -0.2) is 8.42 Å². The molecule has 3 aromatic rings. The van der Waals surface area contributed by atoms with Gasteiger partial charge in [-0.3, -0.25) is 9.59 Å². The molecule has 0 atom stereocenters. The summed E-state index contributed by atoms with van der Waals surface area (Å²) in [6.07, 6.45) is -3.16. The molecular weight excluding hydrogens is 569 g/mol. The molecule has 0 unspecified atom stereocenters. The monoisotopic (exact) mass is 602 g/mol. The number of H-pyrrole nitrogens is 1. The van der Waals surface area contributed by atoms with E-state index < -0.39 is 33.2 Å². The Hall–Kier alpha value is -3.90. The number of alkyl halides is 3. The number of aromatic nitrogens is 1. The molecule has 42 heavy (non-hydrogen) atoms. The highest BCUT2D eigenvalue weighted by molar-refractivity contribution is 7.90. The minimum atomic E-state index is -4.70. The van der Waals surface area contributed by atoms with E-state index in [9.17, 15) is 31.2 Å². The zero-order valence-corrected chi connectivity index (χ0v) is 24.6. The van der Waals surface area contributed by atoms with Crippen LogP contribution in [0.3, 0.4) is 0 Å². The molecule has 2 amide bonds. The molecular formula is C30H33F3N4O4S. The van der Waals surface area contributed by atoms with Gasteiger partial charge in [0.05, 0.1) is 27.3 Å². The molecule has 0 radical (unpaired) electrons.